The predicted molar refractivity (Wildman–Crippen MR) is 104 cm³/mol. The minimum absolute atomic E-state index is 0.104. The smallest absolute Gasteiger partial charge is 0.286 e. The van der Waals surface area contributed by atoms with Crippen LogP contribution in [0.25, 0.3) is 0 Å². The van der Waals surface area contributed by atoms with Crippen molar-refractivity contribution in [3.05, 3.63) is 59.7 Å². The van der Waals surface area contributed by atoms with E-state index in [0.29, 0.717) is 23.5 Å². The number of hydrogen-bond donors (Lipinski definition) is 1. The summed E-state index contributed by atoms with van der Waals surface area (Å²) in [5, 5.41) is 1.59. The fraction of sp³-hybridized carbons (Fsp3) is 0.250. The number of amides is 3. The Labute approximate surface area is 166 Å². The van der Waals surface area contributed by atoms with Gasteiger partial charge in [-0.3, -0.25) is 19.7 Å². The van der Waals surface area contributed by atoms with Crippen LogP contribution in [0.2, 0.25) is 0 Å². The Morgan fingerprint density at radius 2 is 1.86 bits per heavy atom. The number of carbonyl (C=O) groups is 3. The first kappa shape index (κ1) is 18.4. The lowest BCUT2D eigenvalue weighted by Gasteiger charge is -2.33. The van der Waals surface area contributed by atoms with Gasteiger partial charge in [0.25, 0.3) is 11.1 Å². The van der Waals surface area contributed by atoms with E-state index in [-0.39, 0.29) is 23.7 Å². The van der Waals surface area contributed by atoms with Gasteiger partial charge in [0.05, 0.1) is 10.8 Å². The van der Waals surface area contributed by atoms with Crippen LogP contribution in [0.5, 0.6) is 11.5 Å². The summed E-state index contributed by atoms with van der Waals surface area (Å²) in [6.45, 7) is 0.186. The van der Waals surface area contributed by atoms with Crippen LogP contribution in [-0.4, -0.2) is 47.1 Å². The lowest BCUT2D eigenvalue weighted by Crippen LogP contribution is -2.48. The maximum absolute atomic E-state index is 12.4. The number of nitrogens with one attached hydrogen (secondary N) is 1. The van der Waals surface area contributed by atoms with Crippen molar-refractivity contribution in [3.63, 3.8) is 0 Å². The Kier molecular flexibility index (Phi) is 4.95. The maximum Gasteiger partial charge on any atom is 0.286 e. The molecule has 1 fully saturated rings. The highest BCUT2D eigenvalue weighted by Gasteiger charge is 2.32. The number of thioether (sulfide) groups is 1. The van der Waals surface area contributed by atoms with Crippen LogP contribution >= 0.6 is 11.8 Å². The van der Waals surface area contributed by atoms with Crippen LogP contribution in [0.4, 0.5) is 4.79 Å². The molecule has 0 radical (unpaired) electrons. The zero-order valence-electron chi connectivity index (χ0n) is 15.1. The quantitative estimate of drug-likeness (QED) is 0.833. The van der Waals surface area contributed by atoms with E-state index < -0.39 is 11.5 Å². The fourth-order valence-electron chi connectivity index (χ4n) is 3.07. The third kappa shape index (κ3) is 3.68. The van der Waals surface area contributed by atoms with Gasteiger partial charge in [0, 0.05) is 7.05 Å². The lowest BCUT2D eigenvalue weighted by molar-refractivity contribution is -0.118. The molecule has 144 valence electrons. The van der Waals surface area contributed by atoms with Crippen LogP contribution in [0, 0.1) is 0 Å². The molecule has 1 saturated heterocycles. The number of imide groups is 1. The molecule has 3 amide bonds. The number of likely N-dealkylation sites (N-methyl/N-ethyl adjacent to an activating group) is 1. The van der Waals surface area contributed by atoms with Gasteiger partial charge in [-0.2, -0.15) is 0 Å². The molecule has 2 atom stereocenters. The number of rotatable bonds is 5. The Balaban J connectivity index is 1.36. The van der Waals surface area contributed by atoms with Gasteiger partial charge in [-0.05, 0) is 36.2 Å². The molecule has 0 saturated carbocycles. The molecule has 2 unspecified atom stereocenters. The van der Waals surface area contributed by atoms with Crippen LogP contribution in [0.3, 0.4) is 0 Å². The summed E-state index contributed by atoms with van der Waals surface area (Å²) < 4.78 is 11.7. The first-order chi connectivity index (χ1) is 13.5. The molecular formula is C20H18N2O5S. The SMILES string of the molecule is CN1C(=O)c2ccccc2OC1COc1ccc(CC2SC(=O)NC2=O)cc1. The number of ether oxygens (including phenoxy) is 2. The Bertz CT molecular complexity index is 930. The van der Waals surface area contributed by atoms with E-state index in [1.807, 2.05) is 18.2 Å². The summed E-state index contributed by atoms with van der Waals surface area (Å²) >= 11 is 1.01. The minimum atomic E-state index is -0.522. The number of hydrogen-bond acceptors (Lipinski definition) is 6. The number of nitrogens with zero attached hydrogens (tertiary/aromatic N) is 1. The zero-order chi connectivity index (χ0) is 19.7. The van der Waals surface area contributed by atoms with Crippen molar-refractivity contribution in [2.24, 2.45) is 0 Å². The van der Waals surface area contributed by atoms with E-state index in [1.54, 1.807) is 37.4 Å². The van der Waals surface area contributed by atoms with Crippen molar-refractivity contribution >= 4 is 28.8 Å². The van der Waals surface area contributed by atoms with E-state index in [0.717, 1.165) is 17.3 Å². The normalized spacial score (nSPS) is 21.2. The number of carbonyl (C=O) groups excluding carboxylic acids is 3. The average molecular weight is 398 g/mol. The second kappa shape index (κ2) is 7.55. The number of fused-ring (bicyclic) bond motifs is 1. The molecule has 28 heavy (non-hydrogen) atoms. The van der Waals surface area contributed by atoms with Crippen molar-refractivity contribution in [2.75, 3.05) is 13.7 Å². The third-order valence-electron chi connectivity index (χ3n) is 4.64. The topological polar surface area (TPSA) is 84.9 Å². The monoisotopic (exact) mass is 398 g/mol. The molecule has 8 heteroatoms. The molecular weight excluding hydrogens is 380 g/mol. The van der Waals surface area contributed by atoms with E-state index in [2.05, 4.69) is 5.32 Å². The average Bonchev–Trinajstić information content (AvgIpc) is 3.01. The first-order valence-corrected chi connectivity index (χ1v) is 9.65. The summed E-state index contributed by atoms with van der Waals surface area (Å²) in [7, 11) is 1.68. The molecule has 2 aromatic rings. The van der Waals surface area contributed by atoms with Gasteiger partial charge >= 0.3 is 0 Å². The summed E-state index contributed by atoms with van der Waals surface area (Å²) in [5.41, 5.74) is 1.47. The van der Waals surface area contributed by atoms with Gasteiger partial charge < -0.3 is 14.4 Å². The van der Waals surface area contributed by atoms with Crippen molar-refractivity contribution < 1.29 is 23.9 Å². The predicted octanol–water partition coefficient (Wildman–Crippen LogP) is 2.45. The molecule has 0 aromatic heterocycles. The number of para-hydroxylation sites is 1. The standard InChI is InChI=1S/C20H18N2O5S/c1-22-17(27-15-5-3-2-4-14(15)19(22)24)11-26-13-8-6-12(7-9-13)10-16-18(23)21-20(25)28-16/h2-9,16-17H,10-11H2,1H3,(H,21,23,25). The van der Waals surface area contributed by atoms with Gasteiger partial charge in [0.2, 0.25) is 12.1 Å². The van der Waals surface area contributed by atoms with E-state index in [9.17, 15) is 14.4 Å². The Morgan fingerprint density at radius 1 is 1.11 bits per heavy atom. The molecule has 2 aliphatic rings. The highest BCUT2D eigenvalue weighted by Crippen LogP contribution is 2.27. The van der Waals surface area contributed by atoms with Gasteiger partial charge in [0.15, 0.2) is 0 Å². The highest BCUT2D eigenvalue weighted by molar-refractivity contribution is 8.15. The van der Waals surface area contributed by atoms with E-state index in [4.69, 9.17) is 9.47 Å². The van der Waals surface area contributed by atoms with Gasteiger partial charge in [-0.15, -0.1) is 0 Å². The van der Waals surface area contributed by atoms with Crippen LogP contribution in [0.1, 0.15) is 15.9 Å². The van der Waals surface area contributed by atoms with E-state index >= 15 is 0 Å². The molecule has 4 rings (SSSR count). The van der Waals surface area contributed by atoms with Crippen molar-refractivity contribution in [2.45, 2.75) is 17.9 Å². The molecule has 2 aromatic carbocycles. The second-order valence-electron chi connectivity index (χ2n) is 6.53. The fourth-order valence-corrected chi connectivity index (χ4v) is 3.93. The highest BCUT2D eigenvalue weighted by atomic mass is 32.2. The molecule has 1 N–H and O–H groups in total. The van der Waals surface area contributed by atoms with Gasteiger partial charge in [-0.25, -0.2) is 0 Å². The largest absolute Gasteiger partial charge is 0.488 e. The summed E-state index contributed by atoms with van der Waals surface area (Å²) in [6, 6.07) is 14.4. The number of benzene rings is 2. The lowest BCUT2D eigenvalue weighted by atomic mass is 10.1. The molecule has 0 spiro atoms. The van der Waals surface area contributed by atoms with Gasteiger partial charge in [-0.1, -0.05) is 36.0 Å². The van der Waals surface area contributed by atoms with Crippen LogP contribution in [0.15, 0.2) is 48.5 Å². The van der Waals surface area contributed by atoms with Crippen molar-refractivity contribution in [1.29, 1.82) is 0 Å². The van der Waals surface area contributed by atoms with Crippen LogP contribution in [-0.2, 0) is 11.2 Å². The minimum Gasteiger partial charge on any atom is -0.488 e. The summed E-state index contributed by atoms with van der Waals surface area (Å²) in [5.74, 6) is 0.827. The molecule has 7 nitrogen and oxygen atoms in total. The third-order valence-corrected chi connectivity index (χ3v) is 5.62. The summed E-state index contributed by atoms with van der Waals surface area (Å²) in [6.07, 6.45) is -0.0471. The maximum atomic E-state index is 12.4. The Morgan fingerprint density at radius 3 is 2.57 bits per heavy atom. The Hall–Kier alpha value is -3.00. The molecule has 2 aliphatic heterocycles. The zero-order valence-corrected chi connectivity index (χ0v) is 15.9. The van der Waals surface area contributed by atoms with Crippen molar-refractivity contribution in [3.8, 4) is 11.5 Å². The van der Waals surface area contributed by atoms with Crippen molar-refractivity contribution in [1.82, 2.24) is 10.2 Å². The molecule has 0 aliphatic carbocycles. The first-order valence-electron chi connectivity index (χ1n) is 8.77. The van der Waals surface area contributed by atoms with Crippen LogP contribution < -0.4 is 14.8 Å². The van der Waals surface area contributed by atoms with Gasteiger partial charge in [0.1, 0.15) is 18.1 Å². The summed E-state index contributed by atoms with van der Waals surface area (Å²) in [4.78, 5) is 36.8. The van der Waals surface area contributed by atoms with E-state index in [1.165, 1.54) is 4.90 Å². The molecule has 0 bridgehead atoms. The molecule has 2 heterocycles. The second-order valence-corrected chi connectivity index (χ2v) is 7.70.